The fourth-order valence-corrected chi connectivity index (χ4v) is 7.22. The average molecular weight is 516 g/mol. The molecule has 1 unspecified atom stereocenters. The number of aryl methyl sites for hydroxylation is 2. The number of benzene rings is 1. The minimum Gasteiger partial charge on any atom is -0.356 e. The van der Waals surface area contributed by atoms with Crippen molar-refractivity contribution < 1.29 is 4.79 Å². The number of hydrogen-bond acceptors (Lipinski definition) is 4. The zero-order chi connectivity index (χ0) is 25.9. The second-order valence-electron chi connectivity index (χ2n) is 11.2. The summed E-state index contributed by atoms with van der Waals surface area (Å²) in [7, 11) is 2.05. The topological polar surface area (TPSA) is 54.3 Å². The first-order valence-corrected chi connectivity index (χ1v) is 13.6. The summed E-state index contributed by atoms with van der Waals surface area (Å²) in [5, 5.41) is 5.29. The van der Waals surface area contributed by atoms with E-state index in [4.69, 9.17) is 16.6 Å². The highest BCUT2D eigenvalue weighted by Gasteiger charge is 2.49. The molecule has 0 radical (unpaired) electrons. The first-order chi connectivity index (χ1) is 17.8. The Labute approximate surface area is 223 Å². The number of halogens is 1. The molecule has 37 heavy (non-hydrogen) atoms. The maximum absolute atomic E-state index is 12.1. The molecule has 1 atom stereocenters. The number of anilines is 1. The molecule has 192 valence electrons. The molecule has 3 aromatic rings. The molecule has 2 fully saturated rings. The van der Waals surface area contributed by atoms with Gasteiger partial charge in [0.25, 0.3) is 0 Å². The molecule has 2 aromatic heterocycles. The summed E-state index contributed by atoms with van der Waals surface area (Å²) in [4.78, 5) is 21.8. The monoisotopic (exact) mass is 515 g/mol. The molecule has 0 bridgehead atoms. The van der Waals surface area contributed by atoms with Crippen molar-refractivity contribution in [2.45, 2.75) is 45.4 Å². The van der Waals surface area contributed by atoms with E-state index in [1.54, 1.807) is 0 Å². The van der Waals surface area contributed by atoms with E-state index in [2.05, 4.69) is 42.6 Å². The Morgan fingerprint density at radius 3 is 2.70 bits per heavy atom. The van der Waals surface area contributed by atoms with Gasteiger partial charge in [-0.2, -0.15) is 5.10 Å². The van der Waals surface area contributed by atoms with Crippen LogP contribution in [0.5, 0.6) is 0 Å². The average Bonchev–Trinajstić information content (AvgIpc) is 3.46. The van der Waals surface area contributed by atoms with Crippen molar-refractivity contribution in [2.24, 2.45) is 12.5 Å². The number of pyridine rings is 1. The fourth-order valence-electron chi connectivity index (χ4n) is 6.99. The van der Waals surface area contributed by atoms with E-state index in [0.29, 0.717) is 5.92 Å². The van der Waals surface area contributed by atoms with Crippen LogP contribution in [-0.4, -0.2) is 51.8 Å². The molecule has 3 aliphatic rings. The number of nitrogens with zero attached hydrogens (tertiary/aromatic N) is 5. The van der Waals surface area contributed by atoms with Gasteiger partial charge in [0.2, 0.25) is 5.91 Å². The summed E-state index contributed by atoms with van der Waals surface area (Å²) in [5.74, 6) is 1.50. The van der Waals surface area contributed by atoms with Crippen LogP contribution in [0.15, 0.2) is 43.1 Å². The van der Waals surface area contributed by atoms with E-state index in [1.165, 1.54) is 39.7 Å². The van der Waals surface area contributed by atoms with Gasteiger partial charge in [0.1, 0.15) is 5.82 Å². The van der Waals surface area contributed by atoms with Crippen LogP contribution in [0.2, 0.25) is 5.02 Å². The van der Waals surface area contributed by atoms with Gasteiger partial charge in [-0.15, -0.1) is 0 Å². The second kappa shape index (κ2) is 9.02. The zero-order valence-corrected chi connectivity index (χ0v) is 22.7. The van der Waals surface area contributed by atoms with E-state index in [0.717, 1.165) is 68.3 Å². The van der Waals surface area contributed by atoms with Gasteiger partial charge in [0, 0.05) is 66.5 Å². The quantitative estimate of drug-likeness (QED) is 0.445. The predicted molar refractivity (Wildman–Crippen MR) is 148 cm³/mol. The lowest BCUT2D eigenvalue weighted by Gasteiger charge is -2.47. The number of fused-ring (bicyclic) bond motifs is 1. The van der Waals surface area contributed by atoms with Crippen LogP contribution in [0, 0.1) is 19.3 Å². The van der Waals surface area contributed by atoms with Gasteiger partial charge in [0.15, 0.2) is 0 Å². The molecular weight excluding hydrogens is 482 g/mol. The Kier molecular flexibility index (Phi) is 5.90. The smallest absolute Gasteiger partial charge is 0.245 e. The van der Waals surface area contributed by atoms with Gasteiger partial charge in [0.05, 0.1) is 6.20 Å². The third-order valence-corrected chi connectivity index (χ3v) is 9.10. The standard InChI is InChI=1S/C30H34ClN5O/c1-5-26(37)36-17-30(18-36)12-13-35(16-30)29-20(3)27(22-8-6-7-9-24(22)31)23-11-10-21(14-25(23)33-29)28-19(2)15-32-34(28)4/h5-9,15,21H,1,10-14,16-18H2,2-4H3. The maximum Gasteiger partial charge on any atom is 0.245 e. The summed E-state index contributed by atoms with van der Waals surface area (Å²) < 4.78 is 2.03. The van der Waals surface area contributed by atoms with Crippen LogP contribution in [0.25, 0.3) is 11.1 Å². The normalized spacial score (nSPS) is 20.2. The van der Waals surface area contributed by atoms with Gasteiger partial charge in [-0.1, -0.05) is 36.4 Å². The van der Waals surface area contributed by atoms with E-state index >= 15 is 0 Å². The first kappa shape index (κ1) is 24.2. The van der Waals surface area contributed by atoms with Gasteiger partial charge < -0.3 is 9.80 Å². The van der Waals surface area contributed by atoms with Gasteiger partial charge >= 0.3 is 0 Å². The van der Waals surface area contributed by atoms with E-state index in [9.17, 15) is 4.79 Å². The Balaban J connectivity index is 1.40. The number of rotatable bonds is 4. The molecule has 0 saturated carbocycles. The summed E-state index contributed by atoms with van der Waals surface area (Å²) in [6.45, 7) is 11.5. The Hall–Kier alpha value is -3.12. The highest BCUT2D eigenvalue weighted by atomic mass is 35.5. The molecular formula is C30H34ClN5O. The van der Waals surface area contributed by atoms with Crippen LogP contribution >= 0.6 is 11.6 Å². The SMILES string of the molecule is C=CC(=O)N1CC2(CCN(c3nc4c(c(-c5ccccc5Cl)c3C)CCC(c3c(C)cnn3C)C4)C2)C1. The number of hydrogen-bond donors (Lipinski definition) is 0. The number of amides is 1. The number of aromatic nitrogens is 3. The van der Waals surface area contributed by atoms with Crippen molar-refractivity contribution in [1.29, 1.82) is 0 Å². The third-order valence-electron chi connectivity index (χ3n) is 8.77. The summed E-state index contributed by atoms with van der Waals surface area (Å²) in [5.41, 5.74) is 8.80. The molecule has 6 rings (SSSR count). The number of carbonyl (C=O) groups excluding carboxylic acids is 1. The van der Waals surface area contributed by atoms with E-state index < -0.39 is 0 Å². The highest BCUT2D eigenvalue weighted by Crippen LogP contribution is 2.46. The molecule has 1 aliphatic carbocycles. The van der Waals surface area contributed by atoms with Gasteiger partial charge in [-0.3, -0.25) is 9.48 Å². The molecule has 4 heterocycles. The second-order valence-corrected chi connectivity index (χ2v) is 11.6. The van der Waals surface area contributed by atoms with Crippen LogP contribution < -0.4 is 4.90 Å². The lowest BCUT2D eigenvalue weighted by molar-refractivity contribution is -0.136. The molecule has 1 amide bonds. The maximum atomic E-state index is 12.1. The Morgan fingerprint density at radius 2 is 2.00 bits per heavy atom. The summed E-state index contributed by atoms with van der Waals surface area (Å²) in [6, 6.07) is 8.19. The summed E-state index contributed by atoms with van der Waals surface area (Å²) in [6.07, 6.45) is 7.42. The number of carbonyl (C=O) groups is 1. The molecule has 7 heteroatoms. The minimum atomic E-state index is 0.0321. The minimum absolute atomic E-state index is 0.0321. The van der Waals surface area contributed by atoms with E-state index in [-0.39, 0.29) is 11.3 Å². The van der Waals surface area contributed by atoms with Gasteiger partial charge in [-0.25, -0.2) is 4.98 Å². The Morgan fingerprint density at radius 1 is 1.22 bits per heavy atom. The number of likely N-dealkylation sites (tertiary alicyclic amines) is 1. The van der Waals surface area contributed by atoms with Gasteiger partial charge in [-0.05, 0) is 73.9 Å². The van der Waals surface area contributed by atoms with Crippen LogP contribution in [0.3, 0.4) is 0 Å². The van der Waals surface area contributed by atoms with Crippen molar-refractivity contribution in [1.82, 2.24) is 19.7 Å². The Bertz CT molecular complexity index is 1380. The molecule has 6 nitrogen and oxygen atoms in total. The van der Waals surface area contributed by atoms with Crippen molar-refractivity contribution in [3.05, 3.63) is 76.2 Å². The van der Waals surface area contributed by atoms with Crippen LogP contribution in [-0.2, 0) is 24.7 Å². The van der Waals surface area contributed by atoms with Crippen LogP contribution in [0.4, 0.5) is 5.82 Å². The first-order valence-electron chi connectivity index (χ1n) is 13.2. The molecule has 0 N–H and O–H groups in total. The largest absolute Gasteiger partial charge is 0.356 e. The van der Waals surface area contributed by atoms with Crippen molar-refractivity contribution in [3.8, 4) is 11.1 Å². The molecule has 2 aliphatic heterocycles. The van der Waals surface area contributed by atoms with Crippen molar-refractivity contribution in [3.63, 3.8) is 0 Å². The van der Waals surface area contributed by atoms with Crippen LogP contribution in [0.1, 0.15) is 46.8 Å². The van der Waals surface area contributed by atoms with Crippen molar-refractivity contribution in [2.75, 3.05) is 31.1 Å². The van der Waals surface area contributed by atoms with Crippen molar-refractivity contribution >= 4 is 23.3 Å². The lowest BCUT2D eigenvalue weighted by Crippen LogP contribution is -2.59. The third kappa shape index (κ3) is 3.97. The molecule has 2 saturated heterocycles. The summed E-state index contributed by atoms with van der Waals surface area (Å²) >= 11 is 6.78. The molecule has 1 aromatic carbocycles. The van der Waals surface area contributed by atoms with E-state index in [1.807, 2.05) is 35.0 Å². The predicted octanol–water partition coefficient (Wildman–Crippen LogP) is 5.25. The highest BCUT2D eigenvalue weighted by molar-refractivity contribution is 6.33. The molecule has 1 spiro atoms. The fraction of sp³-hybridized carbons (Fsp3) is 0.433. The lowest BCUT2D eigenvalue weighted by atomic mass is 9.79. The zero-order valence-electron chi connectivity index (χ0n) is 21.9.